The van der Waals surface area contributed by atoms with Gasteiger partial charge in [0.25, 0.3) is 0 Å². The van der Waals surface area contributed by atoms with Crippen molar-refractivity contribution in [2.75, 3.05) is 44.7 Å². The molecule has 2 aromatic carbocycles. The molecule has 3 rings (SSSR count). The molecule has 2 aromatic rings. The lowest BCUT2D eigenvalue weighted by Crippen LogP contribution is -2.46. The van der Waals surface area contributed by atoms with Gasteiger partial charge in [-0.3, -0.25) is 9.69 Å². The van der Waals surface area contributed by atoms with E-state index < -0.39 is 8.68 Å². The summed E-state index contributed by atoms with van der Waals surface area (Å²) in [7, 11) is -1.29. The van der Waals surface area contributed by atoms with E-state index in [1.54, 1.807) is 32.2 Å². The van der Waals surface area contributed by atoms with Crippen LogP contribution in [0.4, 0.5) is 5.69 Å². The monoisotopic (exact) mass is 461 g/mol. The second kappa shape index (κ2) is 10.5. The number of para-hydroxylation sites is 2. The standard InChI is InChI=1S/C23H31N3O3S2/c1-18-10-11-19(17-23(18)31(24,28)30)21(27)8-5-6-12-25-13-15-26(16-14-25)20-7-3-4-9-22(20)29-2/h3-4,7,9-11,17H,5-6,8,12-16H2,1-2H3,(H2,24,28,30). The normalized spacial score (nSPS) is 16.7. The second-order valence-corrected chi connectivity index (χ2v) is 10.9. The maximum Gasteiger partial charge on any atom is 0.162 e. The summed E-state index contributed by atoms with van der Waals surface area (Å²) >= 11 is 4.90. The number of benzene rings is 2. The van der Waals surface area contributed by atoms with Crippen molar-refractivity contribution >= 4 is 31.3 Å². The van der Waals surface area contributed by atoms with Gasteiger partial charge < -0.3 is 9.64 Å². The summed E-state index contributed by atoms with van der Waals surface area (Å²) in [5.74, 6) is 0.955. The highest BCUT2D eigenvalue weighted by Gasteiger charge is 2.19. The molecule has 1 unspecified atom stereocenters. The van der Waals surface area contributed by atoms with Crippen LogP contribution in [0.2, 0.25) is 0 Å². The number of piperazine rings is 1. The van der Waals surface area contributed by atoms with E-state index in [0.717, 1.165) is 62.6 Å². The molecule has 1 atom stereocenters. The fourth-order valence-electron chi connectivity index (χ4n) is 3.95. The maximum atomic E-state index is 12.5. The van der Waals surface area contributed by atoms with E-state index in [0.29, 0.717) is 16.9 Å². The fourth-order valence-corrected chi connectivity index (χ4v) is 5.30. The van der Waals surface area contributed by atoms with Crippen LogP contribution in [0.15, 0.2) is 47.4 Å². The van der Waals surface area contributed by atoms with Crippen LogP contribution in [0.25, 0.3) is 0 Å². The van der Waals surface area contributed by atoms with Gasteiger partial charge in [0.1, 0.15) is 14.4 Å². The van der Waals surface area contributed by atoms with Gasteiger partial charge in [0, 0.05) is 49.4 Å². The summed E-state index contributed by atoms with van der Waals surface area (Å²) in [6.07, 6.45) is 2.25. The van der Waals surface area contributed by atoms with Gasteiger partial charge in [-0.1, -0.05) is 24.3 Å². The van der Waals surface area contributed by atoms with Crippen molar-refractivity contribution in [2.24, 2.45) is 5.14 Å². The number of hydrogen-bond acceptors (Lipinski definition) is 6. The minimum absolute atomic E-state index is 0.0425. The highest BCUT2D eigenvalue weighted by atomic mass is 32.8. The Morgan fingerprint density at radius 2 is 1.84 bits per heavy atom. The molecule has 0 radical (unpaired) electrons. The van der Waals surface area contributed by atoms with Gasteiger partial charge >= 0.3 is 0 Å². The first kappa shape index (κ1) is 23.7. The van der Waals surface area contributed by atoms with Crippen LogP contribution < -0.4 is 14.8 Å². The van der Waals surface area contributed by atoms with Crippen LogP contribution in [0.1, 0.15) is 35.2 Å². The number of carbonyl (C=O) groups excluding carboxylic acids is 1. The number of nitrogens with two attached hydrogens (primary N) is 1. The number of anilines is 1. The summed E-state index contributed by atoms with van der Waals surface area (Å²) in [5.41, 5.74) is 2.44. The lowest BCUT2D eigenvalue weighted by atomic mass is 10.0. The van der Waals surface area contributed by atoms with Crippen LogP contribution in [-0.2, 0) is 19.9 Å². The highest BCUT2D eigenvalue weighted by molar-refractivity contribution is 8.31. The van der Waals surface area contributed by atoms with Gasteiger partial charge in [0.05, 0.1) is 17.7 Å². The molecule has 1 heterocycles. The molecule has 0 bridgehead atoms. The van der Waals surface area contributed by atoms with Crippen molar-refractivity contribution in [3.8, 4) is 5.75 Å². The largest absolute Gasteiger partial charge is 0.495 e. The average molecular weight is 462 g/mol. The number of methoxy groups -OCH3 is 1. The van der Waals surface area contributed by atoms with Gasteiger partial charge in [-0.05, 0) is 50.1 Å². The molecule has 0 aliphatic carbocycles. The molecule has 6 nitrogen and oxygen atoms in total. The summed E-state index contributed by atoms with van der Waals surface area (Å²) in [6.45, 7) is 6.70. The summed E-state index contributed by atoms with van der Waals surface area (Å²) in [4.78, 5) is 17.7. The van der Waals surface area contributed by atoms with E-state index in [9.17, 15) is 9.00 Å². The quantitative estimate of drug-likeness (QED) is 0.457. The molecular weight excluding hydrogens is 430 g/mol. The van der Waals surface area contributed by atoms with Gasteiger partial charge in [-0.15, -0.1) is 0 Å². The zero-order valence-electron chi connectivity index (χ0n) is 18.2. The minimum Gasteiger partial charge on any atom is -0.495 e. The molecular formula is C23H31N3O3S2. The van der Waals surface area contributed by atoms with E-state index in [2.05, 4.69) is 15.9 Å². The SMILES string of the molecule is COc1ccccc1N1CCN(CCCCC(=O)c2ccc(C)c(S(N)(=O)=S)c2)CC1. The van der Waals surface area contributed by atoms with E-state index in [1.807, 2.05) is 18.2 Å². The zero-order chi connectivity index (χ0) is 22.4. The Balaban J connectivity index is 1.43. The zero-order valence-corrected chi connectivity index (χ0v) is 19.8. The number of ether oxygens (including phenoxy) is 1. The molecule has 1 saturated heterocycles. The number of ketones is 1. The van der Waals surface area contributed by atoms with Crippen molar-refractivity contribution in [2.45, 2.75) is 31.1 Å². The molecule has 0 saturated carbocycles. The lowest BCUT2D eigenvalue weighted by molar-refractivity contribution is 0.0977. The molecule has 0 aromatic heterocycles. The number of carbonyl (C=O) groups is 1. The molecule has 168 valence electrons. The minimum atomic E-state index is -3.00. The molecule has 0 spiro atoms. The Kier molecular flexibility index (Phi) is 8.05. The van der Waals surface area contributed by atoms with Gasteiger partial charge in [-0.25, -0.2) is 9.35 Å². The number of rotatable bonds is 9. The number of Topliss-reactive ketones (excluding diaryl/α,β-unsaturated/α-hetero) is 1. The van der Waals surface area contributed by atoms with Gasteiger partial charge in [-0.2, -0.15) is 0 Å². The summed E-state index contributed by atoms with van der Waals surface area (Å²) < 4.78 is 17.5. The van der Waals surface area contributed by atoms with E-state index in [4.69, 9.17) is 21.1 Å². The maximum absolute atomic E-state index is 12.5. The van der Waals surface area contributed by atoms with Gasteiger partial charge in [0.15, 0.2) is 5.78 Å². The predicted octanol–water partition coefficient (Wildman–Crippen LogP) is 3.16. The van der Waals surface area contributed by atoms with E-state index in [1.165, 1.54) is 0 Å². The first-order valence-corrected chi connectivity index (χ1v) is 13.1. The van der Waals surface area contributed by atoms with Crippen molar-refractivity contribution < 1.29 is 13.7 Å². The van der Waals surface area contributed by atoms with Gasteiger partial charge in [0.2, 0.25) is 0 Å². The van der Waals surface area contributed by atoms with Crippen LogP contribution in [-0.4, -0.2) is 54.7 Å². The van der Waals surface area contributed by atoms with E-state index >= 15 is 0 Å². The van der Waals surface area contributed by atoms with Crippen LogP contribution in [0.3, 0.4) is 0 Å². The van der Waals surface area contributed by atoms with Crippen LogP contribution >= 0.6 is 0 Å². The van der Waals surface area contributed by atoms with Crippen molar-refractivity contribution in [3.63, 3.8) is 0 Å². The second-order valence-electron chi connectivity index (χ2n) is 7.91. The third-order valence-corrected chi connectivity index (χ3v) is 7.33. The Bertz CT molecular complexity index is 1020. The Labute approximate surface area is 190 Å². The van der Waals surface area contributed by atoms with E-state index in [-0.39, 0.29) is 5.78 Å². The molecule has 1 aliphatic heterocycles. The third kappa shape index (κ3) is 6.26. The highest BCUT2D eigenvalue weighted by Crippen LogP contribution is 2.28. The smallest absolute Gasteiger partial charge is 0.162 e. The Morgan fingerprint density at radius 3 is 2.52 bits per heavy atom. The van der Waals surface area contributed by atoms with Crippen LogP contribution in [0, 0.1) is 6.92 Å². The van der Waals surface area contributed by atoms with Crippen molar-refractivity contribution in [1.82, 2.24) is 4.90 Å². The number of hydrogen-bond donors (Lipinski definition) is 1. The third-order valence-electron chi connectivity index (χ3n) is 5.74. The topological polar surface area (TPSA) is 75.9 Å². The Hall–Kier alpha value is -2.00. The Morgan fingerprint density at radius 1 is 1.13 bits per heavy atom. The van der Waals surface area contributed by atoms with Crippen molar-refractivity contribution in [3.05, 3.63) is 53.6 Å². The molecule has 1 aliphatic rings. The lowest BCUT2D eigenvalue weighted by Gasteiger charge is -2.36. The first-order chi connectivity index (χ1) is 14.8. The molecule has 8 heteroatoms. The molecule has 1 fully saturated rings. The summed E-state index contributed by atoms with van der Waals surface area (Å²) in [6, 6.07) is 13.3. The number of nitrogens with zero attached hydrogens (tertiary/aromatic N) is 2. The predicted molar refractivity (Wildman–Crippen MR) is 129 cm³/mol. The van der Waals surface area contributed by atoms with Crippen molar-refractivity contribution in [1.29, 1.82) is 0 Å². The molecule has 2 N–H and O–H groups in total. The molecule has 0 amide bonds. The average Bonchev–Trinajstić information content (AvgIpc) is 2.76. The number of unbranched alkanes of at least 4 members (excludes halogenated alkanes) is 1. The van der Waals surface area contributed by atoms with Crippen LogP contribution in [0.5, 0.6) is 5.75 Å². The fraction of sp³-hybridized carbons (Fsp3) is 0.435. The number of aryl methyl sites for hydroxylation is 1. The first-order valence-electron chi connectivity index (χ1n) is 10.6. The molecule has 31 heavy (non-hydrogen) atoms. The summed E-state index contributed by atoms with van der Waals surface area (Å²) in [5, 5.41) is 5.61.